The van der Waals surface area contributed by atoms with Gasteiger partial charge in [-0.05, 0) is 36.2 Å². The topological polar surface area (TPSA) is 79.3 Å². The first-order valence-corrected chi connectivity index (χ1v) is 10.7. The van der Waals surface area contributed by atoms with Gasteiger partial charge in [0.25, 0.3) is 11.7 Å². The zero-order valence-electron chi connectivity index (χ0n) is 19.0. The first kappa shape index (κ1) is 23.3. The summed E-state index contributed by atoms with van der Waals surface area (Å²) in [5, 5.41) is 11.2. The number of nitrogens with zero attached hydrogens (tertiary/aromatic N) is 2. The fourth-order valence-electron chi connectivity index (χ4n) is 3.71. The Bertz CT molecular complexity index is 998. The molecule has 1 amide bonds. The first-order valence-electron chi connectivity index (χ1n) is 10.7. The molecular formula is C25H30N2O5. The summed E-state index contributed by atoms with van der Waals surface area (Å²) in [6, 6.07) is 13.8. The predicted octanol–water partition coefficient (Wildman–Crippen LogP) is 3.61. The summed E-state index contributed by atoms with van der Waals surface area (Å²) in [6.45, 7) is 3.06. The quantitative estimate of drug-likeness (QED) is 0.366. The Hall–Kier alpha value is -3.32. The second-order valence-electron chi connectivity index (χ2n) is 7.85. The number of carbonyl (C=O) groups excluding carboxylic acids is 2. The lowest BCUT2D eigenvalue weighted by molar-refractivity contribution is -0.140. The van der Waals surface area contributed by atoms with Gasteiger partial charge in [-0.1, -0.05) is 31.2 Å². The van der Waals surface area contributed by atoms with Crippen molar-refractivity contribution in [1.82, 2.24) is 4.90 Å². The van der Waals surface area contributed by atoms with E-state index in [1.165, 1.54) is 4.90 Å². The van der Waals surface area contributed by atoms with Crippen LogP contribution >= 0.6 is 0 Å². The fourth-order valence-corrected chi connectivity index (χ4v) is 3.71. The van der Waals surface area contributed by atoms with Crippen LogP contribution in [0.15, 0.2) is 54.1 Å². The summed E-state index contributed by atoms with van der Waals surface area (Å²) in [5.74, 6) is -0.979. The predicted molar refractivity (Wildman–Crippen MR) is 124 cm³/mol. The van der Waals surface area contributed by atoms with Crippen LogP contribution in [0.1, 0.15) is 30.5 Å². The fraction of sp³-hybridized carbons (Fsp3) is 0.360. The van der Waals surface area contributed by atoms with E-state index in [0.29, 0.717) is 17.9 Å². The highest BCUT2D eigenvalue weighted by molar-refractivity contribution is 6.46. The second kappa shape index (κ2) is 10.3. The molecule has 0 saturated carbocycles. The standard InChI is InChI=1S/C25H30N2O5/c1-5-14-32-20-8-6-7-18(16-20)23(28)21-22(17-9-11-19(12-10-17)26(2)3)27(13-15-31-4)25(30)24(21)29/h6-12,16,22,28H,5,13-15H2,1-4H3/b23-21+. The summed E-state index contributed by atoms with van der Waals surface area (Å²) in [7, 11) is 5.42. The van der Waals surface area contributed by atoms with Crippen LogP contribution in [0.5, 0.6) is 5.75 Å². The van der Waals surface area contributed by atoms with Crippen molar-refractivity contribution < 1.29 is 24.2 Å². The summed E-state index contributed by atoms with van der Waals surface area (Å²) in [4.78, 5) is 29.3. The van der Waals surface area contributed by atoms with Crippen molar-refractivity contribution in [3.63, 3.8) is 0 Å². The molecule has 170 valence electrons. The average molecular weight is 439 g/mol. The van der Waals surface area contributed by atoms with Gasteiger partial charge in [-0.15, -0.1) is 0 Å². The van der Waals surface area contributed by atoms with E-state index >= 15 is 0 Å². The molecule has 2 aromatic rings. The van der Waals surface area contributed by atoms with E-state index < -0.39 is 17.7 Å². The molecular weight excluding hydrogens is 408 g/mol. The van der Waals surface area contributed by atoms with Gasteiger partial charge in [-0.3, -0.25) is 9.59 Å². The monoisotopic (exact) mass is 438 g/mol. The maximum absolute atomic E-state index is 13.0. The minimum absolute atomic E-state index is 0.0661. The van der Waals surface area contributed by atoms with Crippen molar-refractivity contribution in [2.24, 2.45) is 0 Å². The van der Waals surface area contributed by atoms with Crippen molar-refractivity contribution in [2.75, 3.05) is 45.9 Å². The molecule has 1 fully saturated rings. The lowest BCUT2D eigenvalue weighted by Crippen LogP contribution is -2.32. The molecule has 1 saturated heterocycles. The number of methoxy groups -OCH3 is 1. The van der Waals surface area contributed by atoms with Gasteiger partial charge in [-0.25, -0.2) is 0 Å². The summed E-state index contributed by atoms with van der Waals surface area (Å²) in [5.41, 5.74) is 2.23. The van der Waals surface area contributed by atoms with Crippen LogP contribution in [0.4, 0.5) is 5.69 Å². The number of ketones is 1. The number of ether oxygens (including phenoxy) is 2. The largest absolute Gasteiger partial charge is 0.507 e. The van der Waals surface area contributed by atoms with Crippen LogP contribution in [-0.2, 0) is 14.3 Å². The molecule has 7 nitrogen and oxygen atoms in total. The molecule has 0 spiro atoms. The van der Waals surface area contributed by atoms with Gasteiger partial charge in [0, 0.05) is 39.0 Å². The molecule has 1 atom stereocenters. The van der Waals surface area contributed by atoms with Crippen molar-refractivity contribution in [1.29, 1.82) is 0 Å². The van der Waals surface area contributed by atoms with Gasteiger partial charge in [0.05, 0.1) is 24.8 Å². The maximum Gasteiger partial charge on any atom is 0.295 e. The van der Waals surface area contributed by atoms with Gasteiger partial charge in [-0.2, -0.15) is 0 Å². The van der Waals surface area contributed by atoms with Gasteiger partial charge >= 0.3 is 0 Å². The number of aliphatic hydroxyl groups excluding tert-OH is 1. The molecule has 7 heteroatoms. The zero-order chi connectivity index (χ0) is 23.3. The molecule has 1 heterocycles. The molecule has 0 radical (unpaired) electrons. The highest BCUT2D eigenvalue weighted by atomic mass is 16.5. The number of Topliss-reactive ketones (excluding diaryl/α,β-unsaturated/α-hetero) is 1. The third kappa shape index (κ3) is 4.78. The van der Waals surface area contributed by atoms with Crippen LogP contribution in [0.2, 0.25) is 0 Å². The number of likely N-dealkylation sites (tertiary alicyclic amines) is 1. The van der Waals surface area contributed by atoms with Crippen LogP contribution in [-0.4, -0.2) is 62.7 Å². The van der Waals surface area contributed by atoms with Crippen LogP contribution in [0.25, 0.3) is 5.76 Å². The first-order chi connectivity index (χ1) is 15.4. The van der Waals surface area contributed by atoms with E-state index in [2.05, 4.69) is 0 Å². The Kier molecular flexibility index (Phi) is 7.53. The smallest absolute Gasteiger partial charge is 0.295 e. The molecule has 0 aromatic heterocycles. The van der Waals surface area contributed by atoms with Gasteiger partial charge in [0.2, 0.25) is 0 Å². The van der Waals surface area contributed by atoms with E-state index in [-0.39, 0.29) is 24.5 Å². The average Bonchev–Trinajstić information content (AvgIpc) is 3.05. The molecule has 1 aliphatic heterocycles. The molecule has 32 heavy (non-hydrogen) atoms. The van der Waals surface area contributed by atoms with Crippen LogP contribution < -0.4 is 9.64 Å². The Labute approximate surface area is 188 Å². The van der Waals surface area contributed by atoms with Crippen LogP contribution in [0, 0.1) is 0 Å². The molecule has 2 aromatic carbocycles. The van der Waals surface area contributed by atoms with Gasteiger partial charge in [0.1, 0.15) is 11.5 Å². The molecule has 1 aliphatic rings. The Morgan fingerprint density at radius 2 is 1.81 bits per heavy atom. The molecule has 1 unspecified atom stereocenters. The molecule has 0 bridgehead atoms. The number of benzene rings is 2. The number of amides is 1. The van der Waals surface area contributed by atoms with E-state index in [4.69, 9.17) is 9.47 Å². The van der Waals surface area contributed by atoms with Crippen molar-refractivity contribution >= 4 is 23.1 Å². The minimum atomic E-state index is -0.708. The SMILES string of the molecule is CCCOc1cccc(/C(O)=C2\C(=O)C(=O)N(CCOC)C2c2ccc(N(C)C)cc2)c1. The van der Waals surface area contributed by atoms with E-state index in [0.717, 1.165) is 17.7 Å². The summed E-state index contributed by atoms with van der Waals surface area (Å²) < 4.78 is 10.8. The normalized spacial score (nSPS) is 17.6. The van der Waals surface area contributed by atoms with E-state index in [1.807, 2.05) is 50.2 Å². The number of hydrogen-bond acceptors (Lipinski definition) is 6. The minimum Gasteiger partial charge on any atom is -0.507 e. The Morgan fingerprint density at radius 1 is 1.09 bits per heavy atom. The van der Waals surface area contributed by atoms with Gasteiger partial charge in [0.15, 0.2) is 0 Å². The van der Waals surface area contributed by atoms with Crippen molar-refractivity contribution in [2.45, 2.75) is 19.4 Å². The van der Waals surface area contributed by atoms with Crippen molar-refractivity contribution in [3.8, 4) is 5.75 Å². The third-order valence-electron chi connectivity index (χ3n) is 5.38. The third-order valence-corrected chi connectivity index (χ3v) is 5.38. The number of rotatable bonds is 9. The number of anilines is 1. The lowest BCUT2D eigenvalue weighted by Gasteiger charge is -2.25. The van der Waals surface area contributed by atoms with Crippen LogP contribution in [0.3, 0.4) is 0 Å². The summed E-state index contributed by atoms with van der Waals surface area (Å²) in [6.07, 6.45) is 0.851. The maximum atomic E-state index is 13.0. The second-order valence-corrected chi connectivity index (χ2v) is 7.85. The number of hydrogen-bond donors (Lipinski definition) is 1. The molecule has 1 N–H and O–H groups in total. The van der Waals surface area contributed by atoms with Crippen molar-refractivity contribution in [3.05, 3.63) is 65.2 Å². The Morgan fingerprint density at radius 3 is 2.44 bits per heavy atom. The number of aliphatic hydroxyl groups is 1. The molecule has 0 aliphatic carbocycles. The molecule has 3 rings (SSSR count). The van der Waals surface area contributed by atoms with E-state index in [9.17, 15) is 14.7 Å². The highest BCUT2D eigenvalue weighted by Gasteiger charge is 2.45. The summed E-state index contributed by atoms with van der Waals surface area (Å²) >= 11 is 0. The van der Waals surface area contributed by atoms with Gasteiger partial charge < -0.3 is 24.4 Å². The lowest BCUT2D eigenvalue weighted by atomic mass is 9.95. The number of carbonyl (C=O) groups is 2. The van der Waals surface area contributed by atoms with E-state index in [1.54, 1.807) is 31.4 Å². The Balaban J connectivity index is 2.09. The highest BCUT2D eigenvalue weighted by Crippen LogP contribution is 2.40. The zero-order valence-corrected chi connectivity index (χ0v) is 19.0.